The summed E-state index contributed by atoms with van der Waals surface area (Å²) < 4.78 is 0. The van der Waals surface area contributed by atoms with E-state index in [4.69, 9.17) is 5.73 Å². The Kier molecular flexibility index (Phi) is 2.87. The maximum atomic E-state index is 11.8. The first-order valence-corrected chi connectivity index (χ1v) is 5.56. The van der Waals surface area contributed by atoms with E-state index < -0.39 is 0 Å². The van der Waals surface area contributed by atoms with Crippen LogP contribution in [0.4, 0.5) is 10.8 Å². The minimum atomic E-state index is -0.193. The molecule has 4 nitrogen and oxygen atoms in total. The third kappa shape index (κ3) is 2.38. The van der Waals surface area contributed by atoms with Crippen LogP contribution in [0.3, 0.4) is 0 Å². The summed E-state index contributed by atoms with van der Waals surface area (Å²) in [5, 5.41) is 3.32. The molecule has 1 amide bonds. The molecule has 0 radical (unpaired) electrons. The molecule has 2 aromatic rings. The first kappa shape index (κ1) is 10.6. The lowest BCUT2D eigenvalue weighted by atomic mass is 10.2. The number of nitrogens with zero attached hydrogens (tertiary/aromatic N) is 1. The van der Waals surface area contributed by atoms with Crippen molar-refractivity contribution in [3.8, 4) is 0 Å². The van der Waals surface area contributed by atoms with Crippen LogP contribution in [0.25, 0.3) is 0 Å². The van der Waals surface area contributed by atoms with E-state index in [2.05, 4.69) is 10.3 Å². The zero-order chi connectivity index (χ0) is 11.5. The van der Waals surface area contributed by atoms with Gasteiger partial charge in [0.15, 0.2) is 5.13 Å². The van der Waals surface area contributed by atoms with Crippen LogP contribution in [0.5, 0.6) is 0 Å². The average Bonchev–Trinajstić information content (AvgIpc) is 2.64. The van der Waals surface area contributed by atoms with Crippen molar-refractivity contribution >= 4 is 28.1 Å². The number of aromatic nitrogens is 1. The lowest BCUT2D eigenvalue weighted by molar-refractivity contribution is 0.102. The van der Waals surface area contributed by atoms with E-state index in [1.54, 1.807) is 30.5 Å². The fraction of sp³-hybridized carbons (Fsp3) is 0.0909. The van der Waals surface area contributed by atoms with E-state index >= 15 is 0 Å². The summed E-state index contributed by atoms with van der Waals surface area (Å²) in [6.45, 7) is 1.94. The number of carbonyl (C=O) groups is 1. The highest BCUT2D eigenvalue weighted by molar-refractivity contribution is 7.15. The third-order valence-corrected chi connectivity index (χ3v) is 2.82. The average molecular weight is 233 g/mol. The van der Waals surface area contributed by atoms with E-state index in [1.807, 2.05) is 6.92 Å². The normalized spacial score (nSPS) is 10.1. The van der Waals surface area contributed by atoms with E-state index in [1.165, 1.54) is 11.3 Å². The van der Waals surface area contributed by atoms with Gasteiger partial charge in [0.2, 0.25) is 0 Å². The molecule has 0 aliphatic rings. The van der Waals surface area contributed by atoms with Crippen molar-refractivity contribution in [2.45, 2.75) is 6.92 Å². The number of carbonyl (C=O) groups excluding carboxylic acids is 1. The number of rotatable bonds is 2. The van der Waals surface area contributed by atoms with Gasteiger partial charge in [-0.3, -0.25) is 10.1 Å². The van der Waals surface area contributed by atoms with Crippen LogP contribution in [-0.4, -0.2) is 10.9 Å². The number of thiazole rings is 1. The second-order valence-corrected chi connectivity index (χ2v) is 4.59. The molecule has 0 saturated heterocycles. The molecule has 1 aromatic carbocycles. The van der Waals surface area contributed by atoms with Crippen molar-refractivity contribution in [1.82, 2.24) is 4.98 Å². The fourth-order valence-electron chi connectivity index (χ4n) is 1.26. The van der Waals surface area contributed by atoms with Crippen LogP contribution in [-0.2, 0) is 0 Å². The molecule has 0 spiro atoms. The van der Waals surface area contributed by atoms with Crippen LogP contribution in [0.1, 0.15) is 15.2 Å². The van der Waals surface area contributed by atoms with Crippen LogP contribution in [0, 0.1) is 6.92 Å². The second-order valence-electron chi connectivity index (χ2n) is 3.36. The monoisotopic (exact) mass is 233 g/mol. The highest BCUT2D eigenvalue weighted by atomic mass is 32.1. The lowest BCUT2D eigenvalue weighted by Crippen LogP contribution is -2.11. The summed E-state index contributed by atoms with van der Waals surface area (Å²) in [6, 6.07) is 6.84. The van der Waals surface area contributed by atoms with E-state index in [0.717, 1.165) is 4.88 Å². The molecule has 3 N–H and O–H groups in total. The Hall–Kier alpha value is -1.88. The predicted octanol–water partition coefficient (Wildman–Crippen LogP) is 2.29. The summed E-state index contributed by atoms with van der Waals surface area (Å²) in [4.78, 5) is 16.9. The van der Waals surface area contributed by atoms with Gasteiger partial charge in [0.1, 0.15) is 0 Å². The van der Waals surface area contributed by atoms with Gasteiger partial charge in [-0.1, -0.05) is 6.07 Å². The largest absolute Gasteiger partial charge is 0.399 e. The van der Waals surface area contributed by atoms with E-state index in [0.29, 0.717) is 16.4 Å². The highest BCUT2D eigenvalue weighted by Crippen LogP contribution is 2.17. The van der Waals surface area contributed by atoms with Crippen LogP contribution in [0.15, 0.2) is 30.5 Å². The molecule has 82 valence electrons. The van der Waals surface area contributed by atoms with Crippen LogP contribution in [0.2, 0.25) is 0 Å². The summed E-state index contributed by atoms with van der Waals surface area (Å²) >= 11 is 1.44. The van der Waals surface area contributed by atoms with Gasteiger partial charge in [-0.15, -0.1) is 11.3 Å². The first-order chi connectivity index (χ1) is 7.65. The molecule has 0 fully saturated rings. The number of nitrogen functional groups attached to an aromatic ring is 1. The molecule has 2 rings (SSSR count). The van der Waals surface area contributed by atoms with Crippen LogP contribution >= 0.6 is 11.3 Å². The van der Waals surface area contributed by atoms with Crippen molar-refractivity contribution in [3.63, 3.8) is 0 Å². The van der Waals surface area contributed by atoms with Gasteiger partial charge >= 0.3 is 0 Å². The minimum Gasteiger partial charge on any atom is -0.399 e. The van der Waals surface area contributed by atoms with Crippen molar-refractivity contribution in [1.29, 1.82) is 0 Å². The topological polar surface area (TPSA) is 68.0 Å². The Morgan fingerprint density at radius 1 is 1.50 bits per heavy atom. The molecule has 5 heteroatoms. The van der Waals surface area contributed by atoms with Crippen molar-refractivity contribution < 1.29 is 4.79 Å². The number of anilines is 2. The van der Waals surface area contributed by atoms with Gasteiger partial charge < -0.3 is 5.73 Å². The Balaban J connectivity index is 2.14. The maximum Gasteiger partial charge on any atom is 0.257 e. The van der Waals surface area contributed by atoms with Gasteiger partial charge in [-0.25, -0.2) is 4.98 Å². The molecule has 0 bridgehead atoms. The standard InChI is InChI=1S/C11H11N3OS/c1-7-6-13-11(16-7)14-10(15)8-3-2-4-9(12)5-8/h2-6H,12H2,1H3,(H,13,14,15). The third-order valence-electron chi connectivity index (χ3n) is 1.99. The number of aryl methyl sites for hydroxylation is 1. The summed E-state index contributed by atoms with van der Waals surface area (Å²) in [5.41, 5.74) is 6.71. The molecule has 1 heterocycles. The van der Waals surface area contributed by atoms with E-state index in [9.17, 15) is 4.79 Å². The van der Waals surface area contributed by atoms with E-state index in [-0.39, 0.29) is 5.91 Å². The lowest BCUT2D eigenvalue weighted by Gasteiger charge is -2.02. The number of nitrogens with one attached hydrogen (secondary N) is 1. The maximum absolute atomic E-state index is 11.8. The molecule has 16 heavy (non-hydrogen) atoms. The number of benzene rings is 1. The molecule has 0 saturated carbocycles. The Labute approximate surface area is 97.1 Å². The quantitative estimate of drug-likeness (QED) is 0.782. The molecular formula is C11H11N3OS. The summed E-state index contributed by atoms with van der Waals surface area (Å²) in [6.07, 6.45) is 1.72. The molecule has 1 aromatic heterocycles. The zero-order valence-corrected chi connectivity index (χ0v) is 9.54. The SMILES string of the molecule is Cc1cnc(NC(=O)c2cccc(N)c2)s1. The Morgan fingerprint density at radius 2 is 2.31 bits per heavy atom. The summed E-state index contributed by atoms with van der Waals surface area (Å²) in [7, 11) is 0. The molecule has 0 atom stereocenters. The highest BCUT2D eigenvalue weighted by Gasteiger charge is 2.07. The smallest absolute Gasteiger partial charge is 0.257 e. The van der Waals surface area contributed by atoms with Gasteiger partial charge in [0.25, 0.3) is 5.91 Å². The van der Waals surface area contributed by atoms with Crippen molar-refractivity contribution in [3.05, 3.63) is 40.9 Å². The van der Waals surface area contributed by atoms with Gasteiger partial charge in [-0.05, 0) is 25.1 Å². The zero-order valence-electron chi connectivity index (χ0n) is 8.73. The Bertz CT molecular complexity index is 521. The van der Waals surface area contributed by atoms with Crippen molar-refractivity contribution in [2.24, 2.45) is 0 Å². The molecule has 0 aliphatic heterocycles. The van der Waals surface area contributed by atoms with Gasteiger partial charge in [-0.2, -0.15) is 0 Å². The minimum absolute atomic E-state index is 0.193. The molecule has 0 aliphatic carbocycles. The molecular weight excluding hydrogens is 222 g/mol. The predicted molar refractivity (Wildman–Crippen MR) is 65.7 cm³/mol. The fourth-order valence-corrected chi connectivity index (χ4v) is 1.92. The number of amides is 1. The van der Waals surface area contributed by atoms with Gasteiger partial charge in [0, 0.05) is 22.3 Å². The first-order valence-electron chi connectivity index (χ1n) is 4.74. The number of nitrogens with two attached hydrogens (primary N) is 1. The van der Waals surface area contributed by atoms with Gasteiger partial charge in [0.05, 0.1) is 0 Å². The number of hydrogen-bond donors (Lipinski definition) is 2. The number of hydrogen-bond acceptors (Lipinski definition) is 4. The van der Waals surface area contributed by atoms with Crippen LogP contribution < -0.4 is 11.1 Å². The summed E-state index contributed by atoms with van der Waals surface area (Å²) in [5.74, 6) is -0.193. The van der Waals surface area contributed by atoms with Crippen molar-refractivity contribution in [2.75, 3.05) is 11.1 Å². The second kappa shape index (κ2) is 4.32. The molecule has 0 unspecified atom stereocenters. The Morgan fingerprint density at radius 3 is 2.94 bits per heavy atom.